The van der Waals surface area contributed by atoms with Crippen molar-refractivity contribution < 1.29 is 17.6 Å². The zero-order valence-electron chi connectivity index (χ0n) is 12.3. The number of thiophene rings is 1. The maximum absolute atomic E-state index is 12.5. The van der Waals surface area contributed by atoms with Crippen molar-refractivity contribution in [3.63, 3.8) is 0 Å². The van der Waals surface area contributed by atoms with Gasteiger partial charge in [-0.15, -0.1) is 11.3 Å². The summed E-state index contributed by atoms with van der Waals surface area (Å²) in [5.74, 6) is -0.199. The van der Waals surface area contributed by atoms with E-state index in [1.54, 1.807) is 16.2 Å². The molecule has 3 heterocycles. The molecule has 122 valence electrons. The van der Waals surface area contributed by atoms with E-state index in [1.807, 2.05) is 11.4 Å². The molecule has 8 heteroatoms. The van der Waals surface area contributed by atoms with E-state index in [2.05, 4.69) is 4.72 Å². The van der Waals surface area contributed by atoms with Gasteiger partial charge in [0, 0.05) is 24.0 Å². The summed E-state index contributed by atoms with van der Waals surface area (Å²) >= 11 is 1.70. The van der Waals surface area contributed by atoms with Crippen LogP contribution in [0.3, 0.4) is 0 Å². The summed E-state index contributed by atoms with van der Waals surface area (Å²) in [6, 6.07) is 4.81. The van der Waals surface area contributed by atoms with Crippen molar-refractivity contribution >= 4 is 27.3 Å². The van der Waals surface area contributed by atoms with Crippen molar-refractivity contribution in [3.8, 4) is 0 Å². The largest absolute Gasteiger partial charge is 0.438 e. The van der Waals surface area contributed by atoms with E-state index in [9.17, 15) is 13.2 Å². The highest BCUT2D eigenvalue weighted by atomic mass is 32.2. The highest BCUT2D eigenvalue weighted by molar-refractivity contribution is 7.89. The lowest BCUT2D eigenvalue weighted by molar-refractivity contribution is 0.0697. The van der Waals surface area contributed by atoms with E-state index in [0.29, 0.717) is 13.1 Å². The first-order chi connectivity index (χ1) is 11.0. The third-order valence-corrected chi connectivity index (χ3v) is 6.47. The average Bonchev–Trinajstić information content (AvgIpc) is 3.06. The Bertz CT molecular complexity index is 848. The van der Waals surface area contributed by atoms with Crippen LogP contribution in [0.25, 0.3) is 0 Å². The fourth-order valence-corrected chi connectivity index (χ4v) is 4.76. The maximum atomic E-state index is 12.5. The molecule has 6 nitrogen and oxygen atoms in total. The first-order valence-corrected chi connectivity index (χ1v) is 9.86. The summed E-state index contributed by atoms with van der Waals surface area (Å²) in [6.07, 6.45) is 2.53. The second-order valence-electron chi connectivity index (χ2n) is 5.86. The van der Waals surface area contributed by atoms with E-state index in [1.165, 1.54) is 17.0 Å². The Kier molecular flexibility index (Phi) is 3.55. The van der Waals surface area contributed by atoms with Crippen LogP contribution in [0.15, 0.2) is 33.1 Å². The first kappa shape index (κ1) is 14.9. The van der Waals surface area contributed by atoms with E-state index in [-0.39, 0.29) is 22.8 Å². The van der Waals surface area contributed by atoms with E-state index >= 15 is 0 Å². The molecule has 0 atom stereocenters. The Labute approximate surface area is 138 Å². The lowest BCUT2D eigenvalue weighted by Gasteiger charge is -2.26. The zero-order valence-corrected chi connectivity index (χ0v) is 14.0. The van der Waals surface area contributed by atoms with Gasteiger partial charge in [-0.25, -0.2) is 13.1 Å². The monoisotopic (exact) mass is 352 g/mol. The molecule has 0 bridgehead atoms. The maximum Gasteiger partial charge on any atom is 0.289 e. The van der Waals surface area contributed by atoms with Gasteiger partial charge in [0.1, 0.15) is 0 Å². The second kappa shape index (κ2) is 5.47. The van der Waals surface area contributed by atoms with E-state index in [4.69, 9.17) is 4.42 Å². The highest BCUT2D eigenvalue weighted by Gasteiger charge is 2.31. The Balaban J connectivity index is 1.51. The smallest absolute Gasteiger partial charge is 0.289 e. The number of rotatable bonds is 4. The number of nitrogens with one attached hydrogen (secondary N) is 1. The summed E-state index contributed by atoms with van der Waals surface area (Å²) in [5.41, 5.74) is 1.16. The van der Waals surface area contributed by atoms with Gasteiger partial charge in [-0.3, -0.25) is 4.79 Å². The fourth-order valence-electron chi connectivity index (χ4n) is 2.64. The minimum absolute atomic E-state index is 0.00311. The number of furan rings is 1. The Morgan fingerprint density at radius 2 is 2.13 bits per heavy atom. The Morgan fingerprint density at radius 3 is 2.91 bits per heavy atom. The molecule has 2 aliphatic rings. The minimum atomic E-state index is -3.67. The van der Waals surface area contributed by atoms with Crippen molar-refractivity contribution in [2.24, 2.45) is 0 Å². The molecular formula is C15H16N2O4S2. The summed E-state index contributed by atoms with van der Waals surface area (Å²) < 4.78 is 32.1. The van der Waals surface area contributed by atoms with Crippen LogP contribution in [0.1, 0.15) is 33.8 Å². The molecule has 2 aromatic heterocycles. The van der Waals surface area contributed by atoms with Crippen molar-refractivity contribution in [1.82, 2.24) is 9.62 Å². The number of amides is 1. The van der Waals surface area contributed by atoms with Gasteiger partial charge in [0.2, 0.25) is 5.09 Å². The van der Waals surface area contributed by atoms with Crippen molar-refractivity contribution in [2.75, 3.05) is 6.54 Å². The van der Waals surface area contributed by atoms with Gasteiger partial charge >= 0.3 is 0 Å². The van der Waals surface area contributed by atoms with Gasteiger partial charge in [0.05, 0.1) is 0 Å². The number of hydrogen-bond acceptors (Lipinski definition) is 5. The molecule has 4 rings (SSSR count). The van der Waals surface area contributed by atoms with Gasteiger partial charge in [-0.1, -0.05) is 0 Å². The van der Waals surface area contributed by atoms with Crippen LogP contribution >= 0.6 is 11.3 Å². The molecule has 0 aromatic carbocycles. The number of carbonyl (C=O) groups is 1. The molecule has 23 heavy (non-hydrogen) atoms. The minimum Gasteiger partial charge on any atom is -0.438 e. The lowest BCUT2D eigenvalue weighted by Crippen LogP contribution is -2.35. The van der Waals surface area contributed by atoms with Gasteiger partial charge < -0.3 is 9.32 Å². The quantitative estimate of drug-likeness (QED) is 0.912. The van der Waals surface area contributed by atoms with Crippen LogP contribution in [0.5, 0.6) is 0 Å². The summed E-state index contributed by atoms with van der Waals surface area (Å²) in [6.45, 7) is 1.16. The molecule has 0 unspecified atom stereocenters. The molecule has 1 saturated carbocycles. The van der Waals surface area contributed by atoms with Gasteiger partial charge in [0.25, 0.3) is 15.9 Å². The third kappa shape index (κ3) is 2.93. The van der Waals surface area contributed by atoms with E-state index in [0.717, 1.165) is 24.8 Å². The van der Waals surface area contributed by atoms with Crippen LogP contribution in [-0.2, 0) is 23.0 Å². The number of sulfonamides is 1. The predicted octanol–water partition coefficient (Wildman–Crippen LogP) is 1.98. The molecule has 1 aliphatic heterocycles. The summed E-state index contributed by atoms with van der Waals surface area (Å²) in [5, 5.41) is 1.83. The predicted molar refractivity (Wildman–Crippen MR) is 84.8 cm³/mol. The lowest BCUT2D eigenvalue weighted by atomic mass is 10.1. The van der Waals surface area contributed by atoms with Gasteiger partial charge in [0.15, 0.2) is 5.76 Å². The SMILES string of the molecule is O=C(c1ccc(S(=O)(=O)NC2CC2)o1)N1CCc2sccc2C1. The Hall–Kier alpha value is -1.64. The molecule has 1 amide bonds. The molecular weight excluding hydrogens is 336 g/mol. The van der Waals surface area contributed by atoms with E-state index < -0.39 is 10.0 Å². The molecule has 2 aromatic rings. The van der Waals surface area contributed by atoms with Crippen LogP contribution in [-0.4, -0.2) is 31.8 Å². The number of nitrogens with zero attached hydrogens (tertiary/aromatic N) is 1. The average molecular weight is 352 g/mol. The fraction of sp³-hybridized carbons (Fsp3) is 0.400. The zero-order chi connectivity index (χ0) is 16.0. The van der Waals surface area contributed by atoms with Crippen LogP contribution in [0.4, 0.5) is 0 Å². The Morgan fingerprint density at radius 1 is 1.30 bits per heavy atom. The summed E-state index contributed by atoms with van der Waals surface area (Å²) in [7, 11) is -3.67. The number of hydrogen-bond donors (Lipinski definition) is 1. The highest BCUT2D eigenvalue weighted by Crippen LogP contribution is 2.26. The van der Waals surface area contributed by atoms with Crippen LogP contribution in [0, 0.1) is 0 Å². The topological polar surface area (TPSA) is 79.6 Å². The molecule has 0 saturated heterocycles. The number of carbonyl (C=O) groups excluding carboxylic acids is 1. The molecule has 0 radical (unpaired) electrons. The molecule has 0 spiro atoms. The molecule has 1 fully saturated rings. The standard InChI is InChI=1S/C15H16N2O4S2/c18-15(17-7-5-13-10(9-17)6-8-22-13)12-3-4-14(21-12)23(19,20)16-11-1-2-11/h3-4,6,8,11,16H,1-2,5,7,9H2. The summed E-state index contributed by atoms with van der Waals surface area (Å²) in [4.78, 5) is 15.5. The normalized spacial score (nSPS) is 18.0. The van der Waals surface area contributed by atoms with Crippen LogP contribution < -0.4 is 4.72 Å². The van der Waals surface area contributed by atoms with Crippen molar-refractivity contribution in [3.05, 3.63) is 39.8 Å². The second-order valence-corrected chi connectivity index (χ2v) is 8.51. The number of fused-ring (bicyclic) bond motifs is 1. The van der Waals surface area contributed by atoms with Gasteiger partial charge in [-0.2, -0.15) is 0 Å². The van der Waals surface area contributed by atoms with Crippen molar-refractivity contribution in [2.45, 2.75) is 36.9 Å². The van der Waals surface area contributed by atoms with Gasteiger partial charge in [-0.05, 0) is 48.4 Å². The van der Waals surface area contributed by atoms with Crippen LogP contribution in [0.2, 0.25) is 0 Å². The van der Waals surface area contributed by atoms with Crippen molar-refractivity contribution in [1.29, 1.82) is 0 Å². The molecule has 1 N–H and O–H groups in total. The first-order valence-electron chi connectivity index (χ1n) is 7.49. The third-order valence-electron chi connectivity index (χ3n) is 4.05. The molecule has 1 aliphatic carbocycles.